The van der Waals surface area contributed by atoms with Crippen LogP contribution in [0.25, 0.3) is 11.0 Å². The van der Waals surface area contributed by atoms with Crippen LogP contribution in [0.15, 0.2) is 27.7 Å². The van der Waals surface area contributed by atoms with Crippen LogP contribution in [0.3, 0.4) is 0 Å². The Kier molecular flexibility index (Phi) is 4.65. The molecular weight excluding hydrogens is 316 g/mol. The monoisotopic (exact) mass is 338 g/mol. The summed E-state index contributed by atoms with van der Waals surface area (Å²) in [5, 5.41) is 7.47. The van der Waals surface area contributed by atoms with Crippen molar-refractivity contribution in [3.63, 3.8) is 0 Å². The molecule has 0 spiro atoms. The van der Waals surface area contributed by atoms with Crippen molar-refractivity contribution in [2.24, 2.45) is 5.92 Å². The standard InChI is InChI=1S/C15H22N4O3S/c1-3-8-18(2)10-12-7-9-19(11-12)23(20,21)14-6-4-5-13-15(14)17-22-16-13/h4-6,12H,3,7-11H2,1-2H3/t12-/m0/s1. The number of aromatic nitrogens is 2. The quantitative estimate of drug-likeness (QED) is 0.795. The number of fused-ring (bicyclic) bond motifs is 1. The van der Waals surface area contributed by atoms with E-state index in [1.54, 1.807) is 22.5 Å². The van der Waals surface area contributed by atoms with Crippen molar-refractivity contribution in [3.05, 3.63) is 18.2 Å². The average molecular weight is 338 g/mol. The lowest BCUT2D eigenvalue weighted by Gasteiger charge is -2.21. The summed E-state index contributed by atoms with van der Waals surface area (Å²) in [5.41, 5.74) is 0.767. The van der Waals surface area contributed by atoms with Crippen LogP contribution in [-0.4, -0.2) is 61.2 Å². The lowest BCUT2D eigenvalue weighted by molar-refractivity contribution is 0.281. The van der Waals surface area contributed by atoms with Crippen LogP contribution < -0.4 is 0 Å². The van der Waals surface area contributed by atoms with Gasteiger partial charge in [-0.05, 0) is 54.8 Å². The van der Waals surface area contributed by atoms with Gasteiger partial charge in [-0.1, -0.05) is 13.0 Å². The third-order valence-electron chi connectivity index (χ3n) is 4.29. The third-order valence-corrected chi connectivity index (χ3v) is 6.19. The highest BCUT2D eigenvalue weighted by molar-refractivity contribution is 7.89. The zero-order chi connectivity index (χ0) is 16.4. The van der Waals surface area contributed by atoms with Crippen molar-refractivity contribution in [2.45, 2.75) is 24.7 Å². The van der Waals surface area contributed by atoms with Crippen molar-refractivity contribution < 1.29 is 13.0 Å². The van der Waals surface area contributed by atoms with E-state index >= 15 is 0 Å². The Morgan fingerprint density at radius 3 is 3.00 bits per heavy atom. The molecule has 1 aliphatic rings. The normalized spacial score (nSPS) is 19.9. The fraction of sp³-hybridized carbons (Fsp3) is 0.600. The molecule has 3 rings (SSSR count). The molecular formula is C15H22N4O3S. The first-order valence-corrected chi connectivity index (χ1v) is 9.36. The van der Waals surface area contributed by atoms with Gasteiger partial charge < -0.3 is 4.90 Å². The average Bonchev–Trinajstić information content (AvgIpc) is 3.15. The molecule has 1 aromatic heterocycles. The summed E-state index contributed by atoms with van der Waals surface area (Å²) in [7, 11) is -1.48. The number of hydrogen-bond acceptors (Lipinski definition) is 6. The third kappa shape index (κ3) is 3.24. The molecule has 0 amide bonds. The second kappa shape index (κ2) is 6.54. The molecule has 1 atom stereocenters. The van der Waals surface area contributed by atoms with Gasteiger partial charge in [0.25, 0.3) is 0 Å². The highest BCUT2D eigenvalue weighted by Gasteiger charge is 2.34. The van der Waals surface area contributed by atoms with Crippen LogP contribution in [-0.2, 0) is 10.0 Å². The molecule has 2 heterocycles. The molecule has 0 unspecified atom stereocenters. The Bertz CT molecular complexity index is 774. The van der Waals surface area contributed by atoms with Gasteiger partial charge in [0.1, 0.15) is 10.4 Å². The van der Waals surface area contributed by atoms with Crippen molar-refractivity contribution >= 4 is 21.1 Å². The maximum atomic E-state index is 12.9. The fourth-order valence-corrected chi connectivity index (χ4v) is 4.87. The highest BCUT2D eigenvalue weighted by Crippen LogP contribution is 2.28. The first-order chi connectivity index (χ1) is 11.0. The van der Waals surface area contributed by atoms with E-state index in [2.05, 4.69) is 33.8 Å². The molecule has 1 saturated heterocycles. The van der Waals surface area contributed by atoms with Crippen LogP contribution in [0, 0.1) is 5.92 Å². The Hall–Kier alpha value is -1.51. The fourth-order valence-electron chi connectivity index (χ4n) is 3.21. The summed E-state index contributed by atoms with van der Waals surface area (Å²) >= 11 is 0. The van der Waals surface area contributed by atoms with Gasteiger partial charge in [-0.3, -0.25) is 0 Å². The molecule has 1 fully saturated rings. The predicted molar refractivity (Wildman–Crippen MR) is 86.5 cm³/mol. The minimum absolute atomic E-state index is 0.179. The lowest BCUT2D eigenvalue weighted by Crippen LogP contribution is -2.32. The number of benzene rings is 1. The maximum Gasteiger partial charge on any atom is 0.245 e. The van der Waals surface area contributed by atoms with Gasteiger partial charge in [0.15, 0.2) is 5.52 Å². The first kappa shape index (κ1) is 16.4. The van der Waals surface area contributed by atoms with E-state index in [-0.39, 0.29) is 4.90 Å². The molecule has 8 heteroatoms. The van der Waals surface area contributed by atoms with Crippen LogP contribution >= 0.6 is 0 Å². The summed E-state index contributed by atoms with van der Waals surface area (Å²) < 4.78 is 32.0. The van der Waals surface area contributed by atoms with Gasteiger partial charge >= 0.3 is 0 Å². The second-order valence-electron chi connectivity index (χ2n) is 6.17. The summed E-state index contributed by atoms with van der Waals surface area (Å²) in [6.45, 7) is 5.21. The summed E-state index contributed by atoms with van der Waals surface area (Å²) in [6.07, 6.45) is 1.99. The molecule has 2 aromatic rings. The van der Waals surface area contributed by atoms with Crippen LogP contribution in [0.2, 0.25) is 0 Å². The zero-order valence-electron chi connectivity index (χ0n) is 13.5. The van der Waals surface area contributed by atoms with Gasteiger partial charge in [-0.25, -0.2) is 13.0 Å². The van der Waals surface area contributed by atoms with Gasteiger partial charge in [-0.15, -0.1) is 0 Å². The molecule has 0 bridgehead atoms. The second-order valence-corrected chi connectivity index (χ2v) is 8.07. The Balaban J connectivity index is 1.78. The highest BCUT2D eigenvalue weighted by atomic mass is 32.2. The molecule has 1 aliphatic heterocycles. The van der Waals surface area contributed by atoms with Crippen molar-refractivity contribution in [3.8, 4) is 0 Å². The maximum absolute atomic E-state index is 12.9. The molecule has 0 saturated carbocycles. The van der Waals surface area contributed by atoms with E-state index in [0.29, 0.717) is 30.0 Å². The molecule has 23 heavy (non-hydrogen) atoms. The minimum atomic E-state index is -3.56. The largest absolute Gasteiger partial charge is 0.306 e. The summed E-state index contributed by atoms with van der Waals surface area (Å²) in [5.74, 6) is 0.371. The van der Waals surface area contributed by atoms with Crippen molar-refractivity contribution in [2.75, 3.05) is 33.2 Å². The smallest absolute Gasteiger partial charge is 0.245 e. The van der Waals surface area contributed by atoms with Gasteiger partial charge in [0.05, 0.1) is 0 Å². The molecule has 0 radical (unpaired) electrons. The first-order valence-electron chi connectivity index (χ1n) is 7.92. The van der Waals surface area contributed by atoms with Gasteiger partial charge in [-0.2, -0.15) is 4.31 Å². The number of nitrogens with zero attached hydrogens (tertiary/aromatic N) is 4. The summed E-state index contributed by atoms with van der Waals surface area (Å²) in [6, 6.07) is 4.93. The van der Waals surface area contributed by atoms with E-state index in [1.165, 1.54) is 0 Å². The molecule has 0 aliphatic carbocycles. The van der Waals surface area contributed by atoms with E-state index in [9.17, 15) is 8.42 Å². The molecule has 7 nitrogen and oxygen atoms in total. The van der Waals surface area contributed by atoms with Crippen molar-refractivity contribution in [1.82, 2.24) is 19.5 Å². The minimum Gasteiger partial charge on any atom is -0.306 e. The van der Waals surface area contributed by atoms with E-state index in [4.69, 9.17) is 0 Å². The number of sulfonamides is 1. The molecule has 0 N–H and O–H groups in total. The van der Waals surface area contributed by atoms with Gasteiger partial charge in [0.2, 0.25) is 10.0 Å². The van der Waals surface area contributed by atoms with E-state index in [0.717, 1.165) is 25.9 Å². The summed E-state index contributed by atoms with van der Waals surface area (Å²) in [4.78, 5) is 2.45. The predicted octanol–water partition coefficient (Wildman–Crippen LogP) is 1.58. The van der Waals surface area contributed by atoms with Gasteiger partial charge in [0, 0.05) is 19.6 Å². The SMILES string of the molecule is CCCN(C)C[C@@H]1CCN(S(=O)(=O)c2cccc3nonc23)C1. The van der Waals surface area contributed by atoms with Crippen LogP contribution in [0.4, 0.5) is 0 Å². The number of hydrogen-bond donors (Lipinski definition) is 0. The Labute approximate surface area is 136 Å². The zero-order valence-corrected chi connectivity index (χ0v) is 14.3. The van der Waals surface area contributed by atoms with Crippen LogP contribution in [0.5, 0.6) is 0 Å². The Morgan fingerprint density at radius 1 is 1.39 bits per heavy atom. The van der Waals surface area contributed by atoms with E-state index in [1.807, 2.05) is 0 Å². The number of rotatable bonds is 6. The van der Waals surface area contributed by atoms with E-state index < -0.39 is 10.0 Å². The van der Waals surface area contributed by atoms with Crippen molar-refractivity contribution in [1.29, 1.82) is 0 Å². The Morgan fingerprint density at radius 2 is 2.22 bits per heavy atom. The molecule has 126 valence electrons. The van der Waals surface area contributed by atoms with Crippen LogP contribution in [0.1, 0.15) is 19.8 Å². The lowest BCUT2D eigenvalue weighted by atomic mass is 10.1. The topological polar surface area (TPSA) is 79.5 Å². The molecule has 1 aromatic carbocycles.